The van der Waals surface area contributed by atoms with Gasteiger partial charge in [-0.15, -0.1) is 0 Å². The summed E-state index contributed by atoms with van der Waals surface area (Å²) in [5, 5.41) is 12.1. The minimum absolute atomic E-state index is 0.0196. The first-order valence-corrected chi connectivity index (χ1v) is 6.58. The molecular formula is C13H21BrN2O. The molecule has 0 fully saturated rings. The molecule has 0 aliphatic carbocycles. The molecule has 0 saturated heterocycles. The van der Waals surface area contributed by atoms with Crippen LogP contribution in [0.5, 0.6) is 0 Å². The predicted molar refractivity (Wildman–Crippen MR) is 75.1 cm³/mol. The Morgan fingerprint density at radius 3 is 2.47 bits per heavy atom. The van der Waals surface area contributed by atoms with Crippen LogP contribution in [0.1, 0.15) is 19.4 Å². The maximum absolute atomic E-state index is 8.84. The molecule has 0 bridgehead atoms. The van der Waals surface area contributed by atoms with E-state index in [1.165, 1.54) is 5.56 Å². The van der Waals surface area contributed by atoms with Gasteiger partial charge in [-0.1, -0.05) is 41.9 Å². The molecule has 0 heterocycles. The van der Waals surface area contributed by atoms with Crippen LogP contribution in [0.2, 0.25) is 0 Å². The second-order valence-corrected chi connectivity index (χ2v) is 5.88. The molecule has 0 aliphatic heterocycles. The van der Waals surface area contributed by atoms with Gasteiger partial charge >= 0.3 is 0 Å². The molecule has 1 atom stereocenters. The lowest BCUT2D eigenvalue weighted by molar-refractivity contribution is 0.260. The zero-order valence-corrected chi connectivity index (χ0v) is 12.0. The predicted octanol–water partition coefficient (Wildman–Crippen LogP) is 1.64. The third-order valence-corrected chi connectivity index (χ3v) is 3.36. The molecule has 1 rings (SSSR count). The number of nitrogens with two attached hydrogens (primary N) is 1. The van der Waals surface area contributed by atoms with Crippen LogP contribution in [-0.4, -0.2) is 30.8 Å². The van der Waals surface area contributed by atoms with Crippen LogP contribution >= 0.6 is 15.9 Å². The van der Waals surface area contributed by atoms with Crippen molar-refractivity contribution in [1.82, 2.24) is 5.32 Å². The highest BCUT2D eigenvalue weighted by molar-refractivity contribution is 9.10. The van der Waals surface area contributed by atoms with Crippen molar-refractivity contribution in [3.63, 3.8) is 0 Å². The van der Waals surface area contributed by atoms with Crippen molar-refractivity contribution in [1.29, 1.82) is 0 Å². The highest BCUT2D eigenvalue weighted by atomic mass is 79.9. The molecule has 17 heavy (non-hydrogen) atoms. The first-order chi connectivity index (χ1) is 7.95. The van der Waals surface area contributed by atoms with E-state index in [2.05, 4.69) is 59.4 Å². The van der Waals surface area contributed by atoms with Crippen LogP contribution in [0, 0.1) is 0 Å². The summed E-state index contributed by atoms with van der Waals surface area (Å²) >= 11 is 3.43. The zero-order valence-electron chi connectivity index (χ0n) is 10.4. The number of hydrogen-bond donors (Lipinski definition) is 3. The van der Waals surface area contributed by atoms with Gasteiger partial charge in [0.05, 0.1) is 6.61 Å². The summed E-state index contributed by atoms with van der Waals surface area (Å²) in [5.74, 6) is 0. The van der Waals surface area contributed by atoms with Crippen LogP contribution in [0.3, 0.4) is 0 Å². The van der Waals surface area contributed by atoms with Crippen LogP contribution in [0.4, 0.5) is 0 Å². The monoisotopic (exact) mass is 300 g/mol. The lowest BCUT2D eigenvalue weighted by Gasteiger charge is -2.26. The third-order valence-electron chi connectivity index (χ3n) is 2.83. The maximum Gasteiger partial charge on any atom is 0.0594 e. The molecular weight excluding hydrogens is 280 g/mol. The average molecular weight is 301 g/mol. The molecule has 96 valence electrons. The number of aliphatic hydroxyl groups is 1. The number of benzene rings is 1. The molecule has 0 radical (unpaired) electrons. The van der Waals surface area contributed by atoms with Crippen molar-refractivity contribution in [3.05, 3.63) is 34.3 Å². The van der Waals surface area contributed by atoms with E-state index < -0.39 is 0 Å². The Labute approximate surface area is 112 Å². The summed E-state index contributed by atoms with van der Waals surface area (Å²) in [5.41, 5.74) is 6.98. The average Bonchev–Trinajstić information content (AvgIpc) is 2.29. The SMILES string of the molecule is CC(C)(CNCC(N)CO)c1ccc(Br)cc1. The van der Waals surface area contributed by atoms with E-state index >= 15 is 0 Å². The first-order valence-electron chi connectivity index (χ1n) is 5.79. The van der Waals surface area contributed by atoms with Gasteiger partial charge in [-0.2, -0.15) is 0 Å². The van der Waals surface area contributed by atoms with E-state index in [0.29, 0.717) is 6.54 Å². The maximum atomic E-state index is 8.84. The van der Waals surface area contributed by atoms with Crippen LogP contribution in [0.25, 0.3) is 0 Å². The largest absolute Gasteiger partial charge is 0.395 e. The van der Waals surface area contributed by atoms with E-state index in [1.54, 1.807) is 0 Å². The molecule has 0 spiro atoms. The lowest BCUT2D eigenvalue weighted by atomic mass is 9.84. The third kappa shape index (κ3) is 4.76. The van der Waals surface area contributed by atoms with Crippen LogP contribution < -0.4 is 11.1 Å². The molecule has 0 amide bonds. The van der Waals surface area contributed by atoms with Crippen molar-refractivity contribution >= 4 is 15.9 Å². The zero-order chi connectivity index (χ0) is 12.9. The van der Waals surface area contributed by atoms with E-state index in [-0.39, 0.29) is 18.1 Å². The molecule has 3 nitrogen and oxygen atoms in total. The molecule has 0 saturated carbocycles. The van der Waals surface area contributed by atoms with Gasteiger partial charge in [0.2, 0.25) is 0 Å². The Hall–Kier alpha value is -0.420. The Balaban J connectivity index is 2.53. The normalized spacial score (nSPS) is 13.7. The summed E-state index contributed by atoms with van der Waals surface area (Å²) in [4.78, 5) is 0. The van der Waals surface area contributed by atoms with Crippen LogP contribution in [-0.2, 0) is 5.41 Å². The van der Waals surface area contributed by atoms with Crippen LogP contribution in [0.15, 0.2) is 28.7 Å². The quantitative estimate of drug-likeness (QED) is 0.748. The Morgan fingerprint density at radius 1 is 1.35 bits per heavy atom. The van der Waals surface area contributed by atoms with Gasteiger partial charge in [0, 0.05) is 29.0 Å². The summed E-state index contributed by atoms with van der Waals surface area (Å²) < 4.78 is 1.09. The standard InChI is InChI=1S/C13H21BrN2O/c1-13(2,9-16-7-12(15)8-17)10-3-5-11(14)6-4-10/h3-6,12,16-17H,7-9,15H2,1-2H3. The fourth-order valence-corrected chi connectivity index (χ4v) is 1.90. The van der Waals surface area contributed by atoms with Crippen molar-refractivity contribution in [2.24, 2.45) is 5.73 Å². The highest BCUT2D eigenvalue weighted by Gasteiger charge is 2.20. The fourth-order valence-electron chi connectivity index (χ4n) is 1.64. The Bertz CT molecular complexity index is 338. The van der Waals surface area contributed by atoms with Crippen molar-refractivity contribution < 1.29 is 5.11 Å². The van der Waals surface area contributed by atoms with Crippen molar-refractivity contribution in [2.45, 2.75) is 25.3 Å². The molecule has 4 heteroatoms. The van der Waals surface area contributed by atoms with E-state index in [4.69, 9.17) is 10.8 Å². The molecule has 1 aromatic carbocycles. The molecule has 1 unspecified atom stereocenters. The summed E-state index contributed by atoms with van der Waals surface area (Å²) in [6.45, 7) is 5.87. The number of nitrogens with one attached hydrogen (secondary N) is 1. The lowest BCUT2D eigenvalue weighted by Crippen LogP contribution is -2.41. The van der Waals surface area contributed by atoms with Gasteiger partial charge in [-0.05, 0) is 17.7 Å². The fraction of sp³-hybridized carbons (Fsp3) is 0.538. The molecule has 4 N–H and O–H groups in total. The summed E-state index contributed by atoms with van der Waals surface area (Å²) in [6.07, 6.45) is 0. The highest BCUT2D eigenvalue weighted by Crippen LogP contribution is 2.23. The minimum Gasteiger partial charge on any atom is -0.395 e. The number of halogens is 1. The van der Waals surface area contributed by atoms with Gasteiger partial charge < -0.3 is 16.2 Å². The number of aliphatic hydroxyl groups excluding tert-OH is 1. The minimum atomic E-state index is -0.185. The Morgan fingerprint density at radius 2 is 1.94 bits per heavy atom. The summed E-state index contributed by atoms with van der Waals surface area (Å²) in [6, 6.07) is 8.17. The number of hydrogen-bond acceptors (Lipinski definition) is 3. The second-order valence-electron chi connectivity index (χ2n) is 4.96. The smallest absolute Gasteiger partial charge is 0.0594 e. The van der Waals surface area contributed by atoms with Gasteiger partial charge in [-0.25, -0.2) is 0 Å². The molecule has 0 aliphatic rings. The topological polar surface area (TPSA) is 58.3 Å². The van der Waals surface area contributed by atoms with Crippen molar-refractivity contribution in [3.8, 4) is 0 Å². The first kappa shape index (κ1) is 14.6. The molecule has 1 aromatic rings. The second kappa shape index (κ2) is 6.50. The van der Waals surface area contributed by atoms with E-state index in [1.807, 2.05) is 0 Å². The van der Waals surface area contributed by atoms with Gasteiger partial charge in [0.1, 0.15) is 0 Å². The van der Waals surface area contributed by atoms with E-state index in [9.17, 15) is 0 Å². The van der Waals surface area contributed by atoms with Crippen molar-refractivity contribution in [2.75, 3.05) is 19.7 Å². The summed E-state index contributed by atoms with van der Waals surface area (Å²) in [7, 11) is 0. The van der Waals surface area contributed by atoms with Gasteiger partial charge in [0.15, 0.2) is 0 Å². The van der Waals surface area contributed by atoms with E-state index in [0.717, 1.165) is 11.0 Å². The molecule has 0 aromatic heterocycles. The van der Waals surface area contributed by atoms with Gasteiger partial charge in [-0.3, -0.25) is 0 Å². The Kier molecular flexibility index (Phi) is 5.59. The van der Waals surface area contributed by atoms with Gasteiger partial charge in [0.25, 0.3) is 0 Å². The number of rotatable bonds is 6.